The van der Waals surface area contributed by atoms with Gasteiger partial charge in [0.25, 0.3) is 0 Å². The molecule has 2 aromatic rings. The Balaban J connectivity index is 0.00000300. The van der Waals surface area contributed by atoms with Gasteiger partial charge in [-0.05, 0) is 49.8 Å². The minimum atomic E-state index is -0.0770. The van der Waals surface area contributed by atoms with Crippen molar-refractivity contribution in [3.05, 3.63) is 35.2 Å². The summed E-state index contributed by atoms with van der Waals surface area (Å²) in [6, 6.07) is 6.36. The first-order valence-electron chi connectivity index (χ1n) is 10.6. The van der Waals surface area contributed by atoms with E-state index in [0.29, 0.717) is 11.7 Å². The molecule has 0 unspecified atom stereocenters. The van der Waals surface area contributed by atoms with Gasteiger partial charge in [0.05, 0.1) is 0 Å². The maximum absolute atomic E-state index is 7.71. The summed E-state index contributed by atoms with van der Waals surface area (Å²) in [5, 5.41) is 11.9. The first-order valence-corrected chi connectivity index (χ1v) is 10.6. The zero-order valence-corrected chi connectivity index (χ0v) is 18.4. The number of hydrogen-bond acceptors (Lipinski definition) is 4. The van der Waals surface area contributed by atoms with Gasteiger partial charge in [-0.1, -0.05) is 56.3 Å². The Hall–Kier alpha value is -2.08. The van der Waals surface area contributed by atoms with Crippen LogP contribution in [0.3, 0.4) is 0 Å². The minimum Gasteiger partial charge on any atom is -0.370 e. The van der Waals surface area contributed by atoms with Crippen molar-refractivity contribution in [1.29, 1.82) is 5.41 Å². The van der Waals surface area contributed by atoms with Crippen molar-refractivity contribution in [2.45, 2.75) is 77.7 Å². The molecule has 0 aliphatic carbocycles. The minimum absolute atomic E-state index is 0. The van der Waals surface area contributed by atoms with Crippen molar-refractivity contribution >= 4 is 18.4 Å². The van der Waals surface area contributed by atoms with Crippen LogP contribution in [0.25, 0.3) is 11.4 Å². The molecule has 1 aromatic heterocycles. The van der Waals surface area contributed by atoms with Crippen LogP contribution in [0, 0.1) is 12.3 Å². The van der Waals surface area contributed by atoms with Gasteiger partial charge >= 0.3 is 0 Å². The Kier molecular flexibility index (Phi) is 8.96. The molecule has 160 valence electrons. The van der Waals surface area contributed by atoms with Gasteiger partial charge in [-0.2, -0.15) is 4.98 Å². The lowest BCUT2D eigenvalue weighted by molar-refractivity contribution is 0.283. The highest BCUT2D eigenvalue weighted by Gasteiger charge is 2.31. The first-order chi connectivity index (χ1) is 13.6. The predicted molar refractivity (Wildman–Crippen MR) is 119 cm³/mol. The number of unbranched alkanes of at least 4 members (excludes halogenated alkanes) is 5. The van der Waals surface area contributed by atoms with E-state index in [1.165, 1.54) is 49.7 Å². The van der Waals surface area contributed by atoms with Gasteiger partial charge in [-0.25, -0.2) is 0 Å². The van der Waals surface area contributed by atoms with Crippen molar-refractivity contribution in [1.82, 2.24) is 15.0 Å². The molecule has 1 aliphatic heterocycles. The number of nitrogens with two attached hydrogens (primary N) is 1. The van der Waals surface area contributed by atoms with Gasteiger partial charge in [0, 0.05) is 12.1 Å². The van der Waals surface area contributed by atoms with Crippen molar-refractivity contribution in [2.24, 2.45) is 5.73 Å². The monoisotopic (exact) mass is 419 g/mol. The van der Waals surface area contributed by atoms with Gasteiger partial charge in [0.2, 0.25) is 11.7 Å². The molecule has 0 saturated carbocycles. The third kappa shape index (κ3) is 5.95. The molecular weight excluding hydrogens is 386 g/mol. The third-order valence-electron chi connectivity index (χ3n) is 5.69. The zero-order chi connectivity index (χ0) is 19.9. The number of aromatic nitrogens is 2. The van der Waals surface area contributed by atoms with Crippen LogP contribution in [0.2, 0.25) is 0 Å². The van der Waals surface area contributed by atoms with Gasteiger partial charge in [-0.15, -0.1) is 12.4 Å². The Morgan fingerprint density at radius 2 is 2.00 bits per heavy atom. The summed E-state index contributed by atoms with van der Waals surface area (Å²) in [4.78, 5) is 6.42. The largest absolute Gasteiger partial charge is 0.370 e. The fourth-order valence-electron chi connectivity index (χ4n) is 4.01. The van der Waals surface area contributed by atoms with Crippen molar-refractivity contribution in [2.75, 3.05) is 6.54 Å². The lowest BCUT2D eigenvalue weighted by Crippen LogP contribution is -2.35. The molecule has 2 heterocycles. The number of benzene rings is 1. The molecule has 3 rings (SSSR count). The fourth-order valence-corrected chi connectivity index (χ4v) is 4.01. The van der Waals surface area contributed by atoms with Crippen LogP contribution >= 0.6 is 12.4 Å². The topological polar surface area (TPSA) is 92.0 Å². The van der Waals surface area contributed by atoms with E-state index in [1.807, 2.05) is 4.90 Å². The van der Waals surface area contributed by atoms with Crippen LogP contribution in [0.1, 0.15) is 81.3 Å². The Labute approximate surface area is 180 Å². The average Bonchev–Trinajstić information content (AvgIpc) is 3.34. The smallest absolute Gasteiger partial charge is 0.249 e. The molecule has 29 heavy (non-hydrogen) atoms. The Bertz CT molecular complexity index is 791. The number of aryl methyl sites for hydroxylation is 2. The number of likely N-dealkylation sites (tertiary alicyclic amines) is 1. The van der Waals surface area contributed by atoms with Gasteiger partial charge in [0.1, 0.15) is 6.04 Å². The average molecular weight is 420 g/mol. The van der Waals surface area contributed by atoms with E-state index < -0.39 is 0 Å². The fraction of sp³-hybridized carbons (Fsp3) is 0.591. The van der Waals surface area contributed by atoms with E-state index >= 15 is 0 Å². The second-order valence-electron chi connectivity index (χ2n) is 7.85. The van der Waals surface area contributed by atoms with Gasteiger partial charge < -0.3 is 15.2 Å². The number of rotatable bonds is 9. The summed E-state index contributed by atoms with van der Waals surface area (Å²) in [5.74, 6) is 1.23. The van der Waals surface area contributed by atoms with Crippen LogP contribution in [0.5, 0.6) is 0 Å². The van der Waals surface area contributed by atoms with E-state index in [9.17, 15) is 0 Å². The second-order valence-corrected chi connectivity index (χ2v) is 7.85. The van der Waals surface area contributed by atoms with Crippen LogP contribution in [-0.2, 0) is 6.42 Å². The molecular formula is C22H34ClN5O. The summed E-state index contributed by atoms with van der Waals surface area (Å²) in [7, 11) is 0. The standard InChI is InChI=1S/C22H33N5O.ClH/c1-3-4-5-6-7-8-10-17-12-13-18(15-16(17)2)20-25-21(28-26-20)19-11-9-14-27(19)22(23)24;/h12-13,15,19H,3-11,14H2,1-2H3,(H3,23,24);1H/t19-;/m0./s1. The lowest BCUT2D eigenvalue weighted by Gasteiger charge is -2.21. The summed E-state index contributed by atoms with van der Waals surface area (Å²) in [6.45, 7) is 5.18. The highest BCUT2D eigenvalue weighted by atomic mass is 35.5. The molecule has 0 bridgehead atoms. The highest BCUT2D eigenvalue weighted by Crippen LogP contribution is 2.31. The summed E-state index contributed by atoms with van der Waals surface area (Å²) < 4.78 is 5.51. The molecule has 1 aromatic carbocycles. The summed E-state index contributed by atoms with van der Waals surface area (Å²) in [5.41, 5.74) is 9.34. The van der Waals surface area contributed by atoms with Crippen LogP contribution < -0.4 is 5.73 Å². The molecule has 0 radical (unpaired) electrons. The highest BCUT2D eigenvalue weighted by molar-refractivity contribution is 5.85. The summed E-state index contributed by atoms with van der Waals surface area (Å²) >= 11 is 0. The quantitative estimate of drug-likeness (QED) is 0.322. The number of hydrogen-bond donors (Lipinski definition) is 2. The SMILES string of the molecule is CCCCCCCCc1ccc(-c2noc([C@@H]3CCCN3C(=N)N)n2)cc1C.Cl. The van der Waals surface area contributed by atoms with Gasteiger partial charge in [0.15, 0.2) is 5.96 Å². The van der Waals surface area contributed by atoms with E-state index in [0.717, 1.165) is 31.4 Å². The van der Waals surface area contributed by atoms with Crippen LogP contribution in [0.4, 0.5) is 0 Å². The third-order valence-corrected chi connectivity index (χ3v) is 5.69. The van der Waals surface area contributed by atoms with E-state index in [1.54, 1.807) is 0 Å². The number of halogens is 1. The molecule has 0 spiro atoms. The molecule has 0 amide bonds. The Morgan fingerprint density at radius 1 is 1.24 bits per heavy atom. The molecule has 6 nitrogen and oxygen atoms in total. The second kappa shape index (κ2) is 11.2. The van der Waals surface area contributed by atoms with Crippen LogP contribution in [0.15, 0.2) is 22.7 Å². The van der Waals surface area contributed by atoms with Crippen molar-refractivity contribution in [3.63, 3.8) is 0 Å². The van der Waals surface area contributed by atoms with Crippen LogP contribution in [-0.4, -0.2) is 27.5 Å². The lowest BCUT2D eigenvalue weighted by atomic mass is 9.99. The maximum Gasteiger partial charge on any atom is 0.249 e. The van der Waals surface area contributed by atoms with Gasteiger partial charge in [-0.3, -0.25) is 5.41 Å². The molecule has 1 aliphatic rings. The number of nitrogens with one attached hydrogen (secondary N) is 1. The molecule has 7 heteroatoms. The maximum atomic E-state index is 7.71. The number of guanidine groups is 1. The van der Waals surface area contributed by atoms with E-state index in [2.05, 4.69) is 42.2 Å². The molecule has 3 N–H and O–H groups in total. The molecule has 1 saturated heterocycles. The Morgan fingerprint density at radius 3 is 2.72 bits per heavy atom. The normalized spacial score (nSPS) is 16.1. The summed E-state index contributed by atoms with van der Waals surface area (Å²) in [6.07, 6.45) is 10.9. The van der Waals surface area contributed by atoms with E-state index in [-0.39, 0.29) is 24.4 Å². The predicted octanol–water partition coefficient (Wildman–Crippen LogP) is 5.40. The molecule has 1 fully saturated rings. The zero-order valence-electron chi connectivity index (χ0n) is 17.6. The first kappa shape index (κ1) is 23.2. The van der Waals surface area contributed by atoms with E-state index in [4.69, 9.17) is 15.7 Å². The van der Waals surface area contributed by atoms with Crippen molar-refractivity contribution in [3.8, 4) is 11.4 Å². The number of nitrogens with zero attached hydrogens (tertiary/aromatic N) is 3. The van der Waals surface area contributed by atoms with Crippen molar-refractivity contribution < 1.29 is 4.52 Å². The molecule has 1 atom stereocenters.